The Morgan fingerprint density at radius 2 is 1.74 bits per heavy atom. The normalized spacial score (nSPS) is 11.8. The van der Waals surface area contributed by atoms with Gasteiger partial charge in [-0.25, -0.2) is 13.6 Å². The molecule has 0 saturated carbocycles. The SMILES string of the molecule is Cc1c(-c2ccccc2)oc2c(C(=O)OC(C)C(=O)Nc3cc(F)ccc3F)cccc2c1=O. The van der Waals surface area contributed by atoms with Crippen molar-refractivity contribution in [3.05, 3.63) is 99.7 Å². The molecular formula is C26H19F2NO5. The van der Waals surface area contributed by atoms with Gasteiger partial charge >= 0.3 is 5.97 Å². The Bertz CT molecular complexity index is 1460. The maximum absolute atomic E-state index is 13.8. The minimum absolute atomic E-state index is 0.0192. The zero-order valence-corrected chi connectivity index (χ0v) is 18.2. The summed E-state index contributed by atoms with van der Waals surface area (Å²) in [6, 6.07) is 16.0. The van der Waals surface area contributed by atoms with Gasteiger partial charge in [0.25, 0.3) is 5.91 Å². The number of carbonyl (C=O) groups is 2. The third-order valence-electron chi connectivity index (χ3n) is 5.24. The smallest absolute Gasteiger partial charge is 0.342 e. The highest BCUT2D eigenvalue weighted by molar-refractivity contribution is 6.04. The van der Waals surface area contributed by atoms with E-state index in [-0.39, 0.29) is 27.6 Å². The summed E-state index contributed by atoms with van der Waals surface area (Å²) in [5.41, 5.74) is 0.324. The molecule has 4 aromatic rings. The van der Waals surface area contributed by atoms with E-state index in [1.165, 1.54) is 25.1 Å². The Kier molecular flexibility index (Phi) is 6.23. The Balaban J connectivity index is 1.65. The topological polar surface area (TPSA) is 85.6 Å². The van der Waals surface area contributed by atoms with Crippen molar-refractivity contribution in [1.82, 2.24) is 0 Å². The lowest BCUT2D eigenvalue weighted by molar-refractivity contribution is -0.123. The number of hydrogen-bond donors (Lipinski definition) is 1. The second-order valence-corrected chi connectivity index (χ2v) is 7.59. The van der Waals surface area contributed by atoms with E-state index in [4.69, 9.17) is 9.15 Å². The fourth-order valence-corrected chi connectivity index (χ4v) is 3.44. The number of fused-ring (bicyclic) bond motifs is 1. The van der Waals surface area contributed by atoms with Crippen LogP contribution in [0, 0.1) is 18.6 Å². The van der Waals surface area contributed by atoms with Crippen molar-refractivity contribution in [2.75, 3.05) is 5.32 Å². The van der Waals surface area contributed by atoms with Crippen LogP contribution in [0.15, 0.2) is 75.9 Å². The van der Waals surface area contributed by atoms with Crippen LogP contribution in [0.5, 0.6) is 0 Å². The Morgan fingerprint density at radius 3 is 2.47 bits per heavy atom. The number of nitrogens with one attached hydrogen (secondary N) is 1. The van der Waals surface area contributed by atoms with E-state index in [9.17, 15) is 23.2 Å². The van der Waals surface area contributed by atoms with Gasteiger partial charge in [-0.15, -0.1) is 0 Å². The molecule has 1 unspecified atom stereocenters. The number of ether oxygens (including phenoxy) is 1. The molecule has 1 heterocycles. The van der Waals surface area contributed by atoms with Crippen molar-refractivity contribution in [1.29, 1.82) is 0 Å². The van der Waals surface area contributed by atoms with Crippen molar-refractivity contribution in [2.24, 2.45) is 0 Å². The number of amides is 1. The van der Waals surface area contributed by atoms with Gasteiger partial charge in [0.2, 0.25) is 0 Å². The highest BCUT2D eigenvalue weighted by Crippen LogP contribution is 2.28. The molecule has 6 nitrogen and oxygen atoms in total. The Labute approximate surface area is 192 Å². The average molecular weight is 463 g/mol. The van der Waals surface area contributed by atoms with E-state index in [0.29, 0.717) is 16.9 Å². The van der Waals surface area contributed by atoms with Crippen LogP contribution in [0.1, 0.15) is 22.8 Å². The van der Waals surface area contributed by atoms with Crippen LogP contribution in [0.3, 0.4) is 0 Å². The van der Waals surface area contributed by atoms with E-state index in [1.54, 1.807) is 31.2 Å². The number of anilines is 1. The van der Waals surface area contributed by atoms with Crippen molar-refractivity contribution in [2.45, 2.75) is 20.0 Å². The van der Waals surface area contributed by atoms with Crippen LogP contribution >= 0.6 is 0 Å². The lowest BCUT2D eigenvalue weighted by Crippen LogP contribution is -2.30. The standard InChI is InChI=1S/C26H19F2NO5/c1-14-22(30)18-9-6-10-19(24(18)34-23(14)16-7-4-3-5-8-16)26(32)33-15(2)25(31)29-21-13-17(27)11-12-20(21)28/h3-13,15H,1-2H3,(H,29,31). The summed E-state index contributed by atoms with van der Waals surface area (Å²) in [6.45, 7) is 2.92. The van der Waals surface area contributed by atoms with E-state index in [2.05, 4.69) is 5.32 Å². The molecule has 1 aromatic heterocycles. The highest BCUT2D eigenvalue weighted by atomic mass is 19.1. The van der Waals surface area contributed by atoms with Crippen LogP contribution < -0.4 is 10.7 Å². The summed E-state index contributed by atoms with van der Waals surface area (Å²) in [5, 5.41) is 2.37. The molecule has 0 aliphatic carbocycles. The number of hydrogen-bond acceptors (Lipinski definition) is 5. The molecule has 1 amide bonds. The monoisotopic (exact) mass is 463 g/mol. The summed E-state index contributed by atoms with van der Waals surface area (Å²) < 4.78 is 38.4. The minimum atomic E-state index is -1.35. The van der Waals surface area contributed by atoms with Gasteiger partial charge in [-0.05, 0) is 38.1 Å². The third-order valence-corrected chi connectivity index (χ3v) is 5.24. The average Bonchev–Trinajstić information content (AvgIpc) is 2.83. The van der Waals surface area contributed by atoms with Crippen LogP contribution in [0.2, 0.25) is 0 Å². The van der Waals surface area contributed by atoms with Crippen LogP contribution in [0.25, 0.3) is 22.3 Å². The maximum atomic E-state index is 13.8. The zero-order valence-electron chi connectivity index (χ0n) is 18.2. The van der Waals surface area contributed by atoms with Gasteiger partial charge in [0.1, 0.15) is 23.0 Å². The third kappa shape index (κ3) is 4.43. The van der Waals surface area contributed by atoms with Crippen LogP contribution in [-0.2, 0) is 9.53 Å². The molecule has 0 aliphatic rings. The molecule has 4 rings (SSSR count). The van der Waals surface area contributed by atoms with Crippen molar-refractivity contribution >= 4 is 28.5 Å². The number of esters is 1. The van der Waals surface area contributed by atoms with Crippen LogP contribution in [0.4, 0.5) is 14.5 Å². The number of benzene rings is 3. The van der Waals surface area contributed by atoms with E-state index >= 15 is 0 Å². The first-order valence-electron chi connectivity index (χ1n) is 10.3. The predicted molar refractivity (Wildman–Crippen MR) is 123 cm³/mol. The number of halogens is 2. The fraction of sp³-hybridized carbons (Fsp3) is 0.115. The fourth-order valence-electron chi connectivity index (χ4n) is 3.44. The highest BCUT2D eigenvalue weighted by Gasteiger charge is 2.24. The first-order valence-corrected chi connectivity index (χ1v) is 10.3. The molecule has 172 valence electrons. The van der Waals surface area contributed by atoms with Gasteiger partial charge in [0.05, 0.1) is 11.1 Å². The first-order chi connectivity index (χ1) is 16.3. The maximum Gasteiger partial charge on any atom is 0.342 e. The predicted octanol–water partition coefficient (Wildman–Crippen LogP) is 5.23. The second kappa shape index (κ2) is 9.27. The van der Waals surface area contributed by atoms with Gasteiger partial charge < -0.3 is 14.5 Å². The molecule has 1 atom stereocenters. The first kappa shape index (κ1) is 22.8. The van der Waals surface area contributed by atoms with E-state index in [1.807, 2.05) is 6.07 Å². The molecule has 0 fully saturated rings. The summed E-state index contributed by atoms with van der Waals surface area (Å²) >= 11 is 0. The molecule has 1 N–H and O–H groups in total. The lowest BCUT2D eigenvalue weighted by atomic mass is 10.0. The summed E-state index contributed by atoms with van der Waals surface area (Å²) in [6.07, 6.45) is -1.35. The number of para-hydroxylation sites is 1. The van der Waals surface area contributed by atoms with Crippen molar-refractivity contribution in [3.63, 3.8) is 0 Å². The van der Waals surface area contributed by atoms with Gasteiger partial charge in [-0.3, -0.25) is 9.59 Å². The molecule has 8 heteroatoms. The number of rotatable bonds is 5. The quantitative estimate of drug-likeness (QED) is 0.410. The van der Waals surface area contributed by atoms with Crippen LogP contribution in [-0.4, -0.2) is 18.0 Å². The molecule has 0 aliphatic heterocycles. The lowest BCUT2D eigenvalue weighted by Gasteiger charge is -2.15. The van der Waals surface area contributed by atoms with Gasteiger partial charge in [-0.1, -0.05) is 36.4 Å². The molecule has 0 saturated heterocycles. The summed E-state index contributed by atoms with van der Waals surface area (Å²) in [7, 11) is 0. The van der Waals surface area contributed by atoms with E-state index in [0.717, 1.165) is 18.2 Å². The minimum Gasteiger partial charge on any atom is -0.455 e. The largest absolute Gasteiger partial charge is 0.455 e. The van der Waals surface area contributed by atoms with Gasteiger partial charge in [-0.2, -0.15) is 0 Å². The van der Waals surface area contributed by atoms with Gasteiger partial charge in [0.15, 0.2) is 17.1 Å². The molecule has 0 radical (unpaired) electrons. The summed E-state index contributed by atoms with van der Waals surface area (Å²) in [4.78, 5) is 38.2. The Morgan fingerprint density at radius 1 is 1.00 bits per heavy atom. The Hall–Kier alpha value is -4.33. The van der Waals surface area contributed by atoms with Gasteiger partial charge in [0, 0.05) is 17.2 Å². The molecular weight excluding hydrogens is 444 g/mol. The molecule has 0 spiro atoms. The van der Waals surface area contributed by atoms with Crippen molar-refractivity contribution < 1.29 is 27.5 Å². The second-order valence-electron chi connectivity index (χ2n) is 7.59. The molecule has 34 heavy (non-hydrogen) atoms. The zero-order chi connectivity index (χ0) is 24.4. The van der Waals surface area contributed by atoms with Crippen molar-refractivity contribution in [3.8, 4) is 11.3 Å². The van der Waals surface area contributed by atoms with E-state index < -0.39 is 29.6 Å². The molecule has 3 aromatic carbocycles. The molecule has 0 bridgehead atoms. The number of carbonyl (C=O) groups excluding carboxylic acids is 2. The summed E-state index contributed by atoms with van der Waals surface area (Å²) in [5.74, 6) is -3.05.